The average Bonchev–Trinajstić information content (AvgIpc) is 3.19. The second-order valence-corrected chi connectivity index (χ2v) is 7.32. The summed E-state index contributed by atoms with van der Waals surface area (Å²) in [6, 6.07) is 4.79. The molecule has 4 rings (SSSR count). The minimum absolute atomic E-state index is 0.546. The predicted molar refractivity (Wildman–Crippen MR) is 91.8 cm³/mol. The number of rotatable bonds is 3. The number of fused-ring (bicyclic) bond motifs is 1. The summed E-state index contributed by atoms with van der Waals surface area (Å²) in [5, 5.41) is 3.28. The van der Waals surface area contributed by atoms with E-state index in [0.717, 1.165) is 62.3 Å². The molecule has 0 saturated carbocycles. The van der Waals surface area contributed by atoms with Gasteiger partial charge in [0.05, 0.1) is 23.9 Å². The molecule has 0 N–H and O–H groups in total. The molecule has 1 fully saturated rings. The van der Waals surface area contributed by atoms with Gasteiger partial charge in [0.25, 0.3) is 0 Å². The summed E-state index contributed by atoms with van der Waals surface area (Å²) in [6.45, 7) is 7.64. The maximum atomic E-state index is 5.58. The van der Waals surface area contributed by atoms with Crippen molar-refractivity contribution in [2.24, 2.45) is 0 Å². The lowest BCUT2D eigenvalue weighted by Crippen LogP contribution is -2.38. The van der Waals surface area contributed by atoms with Crippen LogP contribution in [-0.2, 0) is 17.8 Å². The van der Waals surface area contributed by atoms with E-state index in [2.05, 4.69) is 38.1 Å². The summed E-state index contributed by atoms with van der Waals surface area (Å²) in [5.74, 6) is 1.11. The summed E-state index contributed by atoms with van der Waals surface area (Å²) in [7, 11) is 0. The van der Waals surface area contributed by atoms with E-state index < -0.39 is 0 Å². The smallest absolute Gasteiger partial charge is 0.133 e. The highest BCUT2D eigenvalue weighted by Gasteiger charge is 2.28. The van der Waals surface area contributed by atoms with Gasteiger partial charge in [0.1, 0.15) is 5.82 Å². The third-order valence-corrected chi connectivity index (χ3v) is 5.46. The second-order valence-electron chi connectivity index (χ2n) is 6.25. The van der Waals surface area contributed by atoms with Gasteiger partial charge in [-0.3, -0.25) is 4.90 Å². The number of nitrogens with zero attached hydrogens (tertiary/aromatic N) is 4. The number of hydrogen-bond acceptors (Lipinski definition) is 6. The Morgan fingerprint density at radius 1 is 1.39 bits per heavy atom. The average molecular weight is 330 g/mol. The van der Waals surface area contributed by atoms with Crippen LogP contribution in [0.15, 0.2) is 23.7 Å². The van der Waals surface area contributed by atoms with E-state index in [4.69, 9.17) is 4.74 Å². The zero-order valence-corrected chi connectivity index (χ0v) is 14.3. The van der Waals surface area contributed by atoms with Crippen LogP contribution < -0.4 is 4.90 Å². The van der Waals surface area contributed by atoms with Crippen molar-refractivity contribution in [1.29, 1.82) is 0 Å². The van der Waals surface area contributed by atoms with Crippen LogP contribution in [0.4, 0.5) is 5.82 Å². The summed E-state index contributed by atoms with van der Waals surface area (Å²) >= 11 is 1.72. The first-order chi connectivity index (χ1) is 11.3. The van der Waals surface area contributed by atoms with Gasteiger partial charge >= 0.3 is 0 Å². The highest BCUT2D eigenvalue weighted by Crippen LogP contribution is 2.27. The van der Waals surface area contributed by atoms with Crippen molar-refractivity contribution in [2.45, 2.75) is 32.5 Å². The van der Waals surface area contributed by atoms with Crippen molar-refractivity contribution in [3.8, 4) is 0 Å². The molecule has 2 aliphatic rings. The third-order valence-electron chi connectivity index (χ3n) is 4.64. The molecule has 0 radical (unpaired) electrons. The molecule has 1 atom stereocenters. The van der Waals surface area contributed by atoms with Gasteiger partial charge in [-0.25, -0.2) is 9.97 Å². The molecule has 2 aromatic rings. The summed E-state index contributed by atoms with van der Waals surface area (Å²) in [4.78, 5) is 14.2. The molecule has 1 saturated heterocycles. The summed E-state index contributed by atoms with van der Waals surface area (Å²) in [5.41, 5.74) is 2.45. The van der Waals surface area contributed by atoms with Crippen LogP contribution in [-0.4, -0.2) is 47.2 Å². The van der Waals surface area contributed by atoms with Crippen molar-refractivity contribution >= 4 is 17.2 Å². The maximum Gasteiger partial charge on any atom is 0.133 e. The minimum Gasteiger partial charge on any atom is -0.380 e. The topological polar surface area (TPSA) is 41.5 Å². The molecule has 0 unspecified atom stereocenters. The van der Waals surface area contributed by atoms with E-state index in [1.165, 1.54) is 5.56 Å². The molecule has 23 heavy (non-hydrogen) atoms. The van der Waals surface area contributed by atoms with Gasteiger partial charge in [-0.2, -0.15) is 0 Å². The molecule has 0 bridgehead atoms. The van der Waals surface area contributed by atoms with Crippen molar-refractivity contribution in [2.75, 3.05) is 31.2 Å². The van der Waals surface area contributed by atoms with Gasteiger partial charge in [-0.15, -0.1) is 11.3 Å². The van der Waals surface area contributed by atoms with Crippen LogP contribution in [0, 0.1) is 6.92 Å². The van der Waals surface area contributed by atoms with Crippen molar-refractivity contribution in [3.05, 3.63) is 40.0 Å². The van der Waals surface area contributed by atoms with E-state index in [-0.39, 0.29) is 0 Å². The molecule has 0 spiro atoms. The monoisotopic (exact) mass is 330 g/mol. The Labute approximate surface area is 140 Å². The number of thiazole rings is 1. The zero-order chi connectivity index (χ0) is 15.6. The number of pyridine rings is 1. The highest BCUT2D eigenvalue weighted by atomic mass is 32.1. The minimum atomic E-state index is 0.546. The van der Waals surface area contributed by atoms with E-state index in [1.54, 1.807) is 11.3 Å². The zero-order valence-electron chi connectivity index (χ0n) is 13.4. The molecular formula is C17H22N4OS. The van der Waals surface area contributed by atoms with E-state index in [9.17, 15) is 0 Å². The maximum absolute atomic E-state index is 5.58. The largest absolute Gasteiger partial charge is 0.380 e. The summed E-state index contributed by atoms with van der Waals surface area (Å²) in [6.07, 6.45) is 3.04. The predicted octanol–water partition coefficient (Wildman–Crippen LogP) is 2.46. The van der Waals surface area contributed by atoms with Gasteiger partial charge in [0.15, 0.2) is 0 Å². The Balaban J connectivity index is 1.58. The third kappa shape index (κ3) is 3.24. The van der Waals surface area contributed by atoms with Gasteiger partial charge in [-0.05, 0) is 19.4 Å². The van der Waals surface area contributed by atoms with Gasteiger partial charge in [-0.1, -0.05) is 6.07 Å². The number of aromatic nitrogens is 2. The van der Waals surface area contributed by atoms with Crippen LogP contribution in [0.2, 0.25) is 0 Å². The molecule has 122 valence electrons. The van der Waals surface area contributed by atoms with Crippen LogP contribution >= 0.6 is 11.3 Å². The molecule has 2 aliphatic heterocycles. The Bertz CT molecular complexity index is 668. The van der Waals surface area contributed by atoms with Crippen molar-refractivity contribution in [3.63, 3.8) is 0 Å². The molecule has 6 heteroatoms. The molecule has 0 aromatic carbocycles. The number of anilines is 1. The van der Waals surface area contributed by atoms with E-state index >= 15 is 0 Å². The lowest BCUT2D eigenvalue weighted by atomic mass is 10.2. The van der Waals surface area contributed by atoms with Crippen molar-refractivity contribution < 1.29 is 4.74 Å². The molecule has 2 aromatic heterocycles. The lowest BCUT2D eigenvalue weighted by Gasteiger charge is -2.26. The fraction of sp³-hybridized carbons (Fsp3) is 0.529. The first kappa shape index (κ1) is 15.1. The fourth-order valence-corrected chi connectivity index (χ4v) is 4.05. The normalized spacial score (nSPS) is 22.1. The van der Waals surface area contributed by atoms with E-state index in [1.807, 2.05) is 12.3 Å². The lowest BCUT2D eigenvalue weighted by molar-refractivity contribution is 0.142. The molecule has 0 aliphatic carbocycles. The van der Waals surface area contributed by atoms with Crippen LogP contribution in [0.5, 0.6) is 0 Å². The van der Waals surface area contributed by atoms with E-state index in [0.29, 0.717) is 6.04 Å². The Hall–Kier alpha value is -1.50. The molecule has 5 nitrogen and oxygen atoms in total. The first-order valence-electron chi connectivity index (χ1n) is 8.21. The SMILES string of the molecule is Cc1nc(CN2CCN([C@H]3CCOC3)Cc3cccnc32)cs1. The number of ether oxygens (including phenoxy) is 1. The quantitative estimate of drug-likeness (QED) is 0.865. The van der Waals surface area contributed by atoms with Crippen LogP contribution in [0.1, 0.15) is 22.7 Å². The van der Waals surface area contributed by atoms with Crippen LogP contribution in [0.25, 0.3) is 0 Å². The number of aryl methyl sites for hydroxylation is 1. The fourth-order valence-electron chi connectivity index (χ4n) is 3.44. The van der Waals surface area contributed by atoms with Gasteiger partial charge in [0.2, 0.25) is 0 Å². The Kier molecular flexibility index (Phi) is 4.29. The van der Waals surface area contributed by atoms with Crippen LogP contribution in [0.3, 0.4) is 0 Å². The standard InChI is InChI=1S/C17H22N4OS/c1-13-19-15(12-23-13)10-21-7-6-20(16-4-8-22-11-16)9-14-3-2-5-18-17(14)21/h2-3,5,12,16H,4,6-11H2,1H3/t16-/m0/s1. The highest BCUT2D eigenvalue weighted by molar-refractivity contribution is 7.09. The Morgan fingerprint density at radius 2 is 2.35 bits per heavy atom. The van der Waals surface area contributed by atoms with Crippen molar-refractivity contribution in [1.82, 2.24) is 14.9 Å². The summed E-state index contributed by atoms with van der Waals surface area (Å²) < 4.78 is 5.58. The molecule has 4 heterocycles. The number of hydrogen-bond donors (Lipinski definition) is 0. The molecular weight excluding hydrogens is 308 g/mol. The first-order valence-corrected chi connectivity index (χ1v) is 9.09. The Morgan fingerprint density at radius 3 is 3.13 bits per heavy atom. The second kappa shape index (κ2) is 6.55. The molecule has 0 amide bonds. The van der Waals surface area contributed by atoms with Gasteiger partial charge < -0.3 is 9.64 Å². The van der Waals surface area contributed by atoms with Gasteiger partial charge in [0, 0.05) is 49.4 Å².